The Bertz CT molecular complexity index is 2140. The minimum atomic E-state index is -0.935. The number of rotatable bonds is 45. The second kappa shape index (κ2) is 86.4. The van der Waals surface area contributed by atoms with Crippen molar-refractivity contribution >= 4 is 65.9 Å². The molecule has 9 N–H and O–H groups in total. The minimum Gasteiger partial charge on any atom is -0.502 e. The predicted molar refractivity (Wildman–Crippen MR) is 382 cm³/mol. The fraction of sp³-hybridized carbons (Fsp3) is 0.708. The second-order valence-corrected chi connectivity index (χ2v) is 23.3. The van der Waals surface area contributed by atoms with E-state index in [0.717, 1.165) is 70.3 Å². The highest BCUT2D eigenvalue weighted by molar-refractivity contribution is 5.87. The molecule has 99 heavy (non-hydrogen) atoms. The van der Waals surface area contributed by atoms with Crippen molar-refractivity contribution in [3.8, 4) is 0 Å². The molecule has 27 heteroatoms. The molecule has 0 rings (SSSR count). The highest BCUT2D eigenvalue weighted by Gasteiger charge is 2.32. The Morgan fingerprint density at radius 2 is 0.798 bits per heavy atom. The van der Waals surface area contributed by atoms with Gasteiger partial charge in [-0.3, -0.25) is 24.4 Å². The van der Waals surface area contributed by atoms with Gasteiger partial charge in [0.2, 0.25) is 12.2 Å². The van der Waals surface area contributed by atoms with E-state index in [1.165, 1.54) is 90.4 Å². The Kier molecular flexibility index (Phi) is 98.3. The van der Waals surface area contributed by atoms with Gasteiger partial charge in [0.1, 0.15) is 6.10 Å². The van der Waals surface area contributed by atoms with E-state index in [1.807, 2.05) is 13.8 Å². The first-order chi connectivity index (χ1) is 46.4. The third-order valence-corrected chi connectivity index (χ3v) is 12.1. The molecule has 0 radical (unpaired) electrons. The van der Waals surface area contributed by atoms with Crippen LogP contribution in [0.25, 0.3) is 0 Å². The van der Waals surface area contributed by atoms with Gasteiger partial charge in [-0.05, 0) is 86.1 Å². The van der Waals surface area contributed by atoms with Crippen LogP contribution in [0.5, 0.6) is 0 Å². The van der Waals surface area contributed by atoms with Crippen LogP contribution in [0.1, 0.15) is 263 Å². The molecule has 0 aliphatic heterocycles. The number of aliphatic hydroxyl groups is 3. The lowest BCUT2D eigenvalue weighted by atomic mass is 9.84. The van der Waals surface area contributed by atoms with E-state index in [-0.39, 0.29) is 87.1 Å². The average Bonchev–Trinajstić information content (AvgIpc) is 0.875. The molecule has 578 valence electrons. The Hall–Kier alpha value is -7.67. The third kappa shape index (κ3) is 118. The van der Waals surface area contributed by atoms with Crippen LogP contribution < -0.4 is 0 Å². The number of aliphatic carboxylic acids is 5. The van der Waals surface area contributed by atoms with Gasteiger partial charge >= 0.3 is 53.7 Å². The summed E-state index contributed by atoms with van der Waals surface area (Å²) in [5, 5.41) is 74.8. The van der Waals surface area contributed by atoms with Crippen molar-refractivity contribution in [1.29, 1.82) is 0 Å². The molecule has 0 heterocycles. The van der Waals surface area contributed by atoms with Crippen LogP contribution in [-0.4, -0.2) is 171 Å². The molecule has 0 aliphatic rings. The van der Waals surface area contributed by atoms with E-state index in [0.29, 0.717) is 56.5 Å². The molecule has 0 saturated heterocycles. The molecule has 0 aromatic carbocycles. The lowest BCUT2D eigenvalue weighted by Gasteiger charge is -2.32. The first kappa shape index (κ1) is 113. The van der Waals surface area contributed by atoms with Gasteiger partial charge in [-0.2, -0.15) is 0 Å². The van der Waals surface area contributed by atoms with Crippen LogP contribution in [-0.2, 0) is 76.6 Å². The molecule has 1 atom stereocenters. The van der Waals surface area contributed by atoms with Crippen LogP contribution in [0, 0.1) is 10.8 Å². The third-order valence-electron chi connectivity index (χ3n) is 12.1. The lowest BCUT2D eigenvalue weighted by molar-refractivity contribution is -0.262. The number of carbonyl (C=O) groups excluding carboxylic acids is 6. The van der Waals surface area contributed by atoms with Gasteiger partial charge in [0.05, 0.1) is 53.2 Å². The quantitative estimate of drug-likeness (QED) is 0.00315. The fourth-order valence-corrected chi connectivity index (χ4v) is 6.16. The van der Waals surface area contributed by atoms with E-state index in [1.54, 1.807) is 41.5 Å². The second-order valence-electron chi connectivity index (χ2n) is 23.3. The van der Waals surface area contributed by atoms with Crippen molar-refractivity contribution in [2.24, 2.45) is 20.8 Å². The number of carbonyl (C=O) groups is 9. The first-order valence-electron chi connectivity index (χ1n) is 33.6. The molecule has 0 fully saturated rings. The summed E-state index contributed by atoms with van der Waals surface area (Å²) in [5.74, 6) is -6.58. The molecule has 0 spiro atoms. The van der Waals surface area contributed by atoms with Gasteiger partial charge < -0.3 is 59.8 Å². The summed E-state index contributed by atoms with van der Waals surface area (Å²) < 4.78 is 18.4. The summed E-state index contributed by atoms with van der Waals surface area (Å²) >= 11 is 0. The van der Waals surface area contributed by atoms with Crippen LogP contribution in [0.4, 0.5) is 0 Å². The van der Waals surface area contributed by atoms with E-state index >= 15 is 0 Å². The Morgan fingerprint density at radius 1 is 0.475 bits per heavy atom. The number of methoxy groups -OCH3 is 1. The molecule has 1 unspecified atom stereocenters. The lowest BCUT2D eigenvalue weighted by Crippen LogP contribution is -2.37. The number of unbranched alkanes of at least 4 members (excludes halogenated alkanes) is 18. The molecule has 0 aromatic heterocycles. The minimum absolute atomic E-state index is 0.00481. The van der Waals surface area contributed by atoms with E-state index < -0.39 is 47.0 Å². The number of ether oxygens (including phenoxy) is 4. The standard InChI is InChI=1S/C13H24O3.C12H26.C9H16O4.C8H12N2O2.C6H10O4.C5H12O3.C5H8O3.2C5H8O2.C4H6O2/c1-6-7-8-11(13(4,5)9-14)16-12(15)10(2)3;1-3-5-7-9-11-12-10-8-6-4-2;10-8(11)6-4-2-1-3-5-7-9(12)13;11-7-9-5-3-1-2-4-6-10-8-12;7-5(8)3-1-2-4-6(9)10;1-5(2,3-6)4-8-7;1-3-8-5(7)4(2)6;1-4(2)5(6)7-3;1-3-5(6)7-4-2;1-3(2)4(5)6/h11,14H,2,6-9H2,1,3-5H3;3-12H2,1-2H3;1-7H2,(H,10,11)(H,12,13);1-6H2;1-4H2,(H,7,8)(H,9,10);6-7H,3-4H2,1-2H3;6H,2-3H2,1H3;1H2,2-3H3;3H,1,4H2,2H3;1H2,2H3,(H,5,6). The summed E-state index contributed by atoms with van der Waals surface area (Å²) in [5.41, 5.74) is 0.280. The predicted octanol–water partition coefficient (Wildman–Crippen LogP) is 14.7. The number of esters is 4. The van der Waals surface area contributed by atoms with Crippen molar-refractivity contribution in [3.63, 3.8) is 0 Å². The zero-order chi connectivity index (χ0) is 78.9. The highest BCUT2D eigenvalue weighted by atomic mass is 17.1. The SMILES string of the molecule is C=C(C)C(=O)O.C=C(C)C(=O)OC.C=C(C)C(=O)OC(CCCC)C(C)(C)CO.C=C(O)C(=O)OCC.C=CC(=O)OCC.CC(C)(CO)COO.CCCCCCCCCCCC.O=C(O)CCCCC(=O)O.O=C(O)CCCCCCCC(=O)O.O=C=NCCCCCCN=C=O. The van der Waals surface area contributed by atoms with Gasteiger partial charge in [-0.25, -0.2) is 48.4 Å². The Labute approximate surface area is 590 Å². The molecular formula is C72H130N2O25. The highest BCUT2D eigenvalue weighted by Crippen LogP contribution is 2.27. The molecule has 0 amide bonds. The van der Waals surface area contributed by atoms with Crippen LogP contribution in [0.3, 0.4) is 0 Å². The molecule has 0 bridgehead atoms. The number of carboxylic acids is 5. The molecular weight excluding hydrogens is 1290 g/mol. The van der Waals surface area contributed by atoms with Gasteiger partial charge in [0.25, 0.3) is 0 Å². The van der Waals surface area contributed by atoms with Crippen molar-refractivity contribution in [2.45, 2.75) is 269 Å². The summed E-state index contributed by atoms with van der Waals surface area (Å²) in [6, 6.07) is 0. The van der Waals surface area contributed by atoms with Crippen molar-refractivity contribution in [2.75, 3.05) is 53.2 Å². The Morgan fingerprint density at radius 3 is 1.00 bits per heavy atom. The maximum absolute atomic E-state index is 11.5. The number of aliphatic imine (C=N–C) groups is 2. The number of isocyanates is 2. The zero-order valence-corrected chi connectivity index (χ0v) is 62.4. The first-order valence-corrected chi connectivity index (χ1v) is 33.6. The van der Waals surface area contributed by atoms with Gasteiger partial charge in [-0.15, -0.1) is 0 Å². The van der Waals surface area contributed by atoms with E-state index in [9.17, 15) is 57.8 Å². The van der Waals surface area contributed by atoms with Crippen LogP contribution in [0.15, 0.2) is 71.4 Å². The monoisotopic (exact) mass is 1420 g/mol. The largest absolute Gasteiger partial charge is 0.502 e. The summed E-state index contributed by atoms with van der Waals surface area (Å²) in [4.78, 5) is 121. The van der Waals surface area contributed by atoms with Gasteiger partial charge in [-0.1, -0.05) is 184 Å². The molecule has 27 nitrogen and oxygen atoms in total. The normalized spacial score (nSPS) is 9.82. The van der Waals surface area contributed by atoms with E-state index in [2.05, 4.69) is 82.7 Å². The molecule has 0 saturated carbocycles. The average molecular weight is 1420 g/mol. The maximum Gasteiger partial charge on any atom is 0.372 e. The summed E-state index contributed by atoms with van der Waals surface area (Å²) in [7, 11) is 1.33. The topological polar surface area (TPSA) is 441 Å². The van der Waals surface area contributed by atoms with Crippen molar-refractivity contribution in [3.05, 3.63) is 61.4 Å². The smallest absolute Gasteiger partial charge is 0.372 e. The van der Waals surface area contributed by atoms with Crippen LogP contribution in [0.2, 0.25) is 0 Å². The zero-order valence-electron chi connectivity index (χ0n) is 62.4. The number of hydrogen-bond acceptors (Lipinski definition) is 22. The fourth-order valence-electron chi connectivity index (χ4n) is 6.16. The number of carboxylic acid groups (broad SMARTS) is 5. The van der Waals surface area contributed by atoms with Gasteiger partial charge in [0, 0.05) is 59.3 Å². The van der Waals surface area contributed by atoms with Crippen molar-refractivity contribution in [1.82, 2.24) is 0 Å². The molecule has 0 aliphatic carbocycles. The molecule has 0 aromatic rings. The van der Waals surface area contributed by atoms with Gasteiger partial charge in [0.15, 0.2) is 5.76 Å². The number of aliphatic hydroxyl groups excluding tert-OH is 3. The summed E-state index contributed by atoms with van der Waals surface area (Å²) in [6.07, 6.45) is 30.5. The number of hydrogen-bond donors (Lipinski definition) is 9. The Balaban J connectivity index is -0.000000113. The number of nitrogens with zero attached hydrogens (tertiary/aromatic N) is 2. The summed E-state index contributed by atoms with van der Waals surface area (Å²) in [6.45, 7) is 40.3. The van der Waals surface area contributed by atoms with E-state index in [4.69, 9.17) is 45.7 Å². The maximum atomic E-state index is 11.5. The van der Waals surface area contributed by atoms with Crippen LogP contribution >= 0.6 is 0 Å². The van der Waals surface area contributed by atoms with Crippen molar-refractivity contribution < 1.29 is 123 Å².